The molecule has 0 bridgehead atoms. The van der Waals surface area contributed by atoms with Crippen molar-refractivity contribution in [2.24, 2.45) is 5.73 Å². The number of β-amino-alcohol motifs (C(OH)–C–C–N with tert-alkyl or cyclic N) is 2. The SMILES string of the molecule is NC(=O)C(O)(CN1CCC(O)(Cc2ccc(Cl)cc2)C1)c1ccccc1. The zero-order valence-electron chi connectivity index (χ0n) is 14.4. The summed E-state index contributed by atoms with van der Waals surface area (Å²) in [4.78, 5) is 13.8. The van der Waals surface area contributed by atoms with Crippen molar-refractivity contribution >= 4 is 17.5 Å². The number of benzene rings is 2. The first-order valence-corrected chi connectivity index (χ1v) is 8.96. The highest BCUT2D eigenvalue weighted by Crippen LogP contribution is 2.30. The van der Waals surface area contributed by atoms with Crippen LogP contribution >= 0.6 is 11.6 Å². The van der Waals surface area contributed by atoms with Gasteiger partial charge < -0.3 is 15.9 Å². The Hall–Kier alpha value is -1.92. The molecule has 4 N–H and O–H groups in total. The van der Waals surface area contributed by atoms with Gasteiger partial charge in [0.15, 0.2) is 5.60 Å². The molecule has 3 rings (SSSR count). The van der Waals surface area contributed by atoms with Crippen molar-refractivity contribution in [3.8, 4) is 0 Å². The first-order chi connectivity index (χ1) is 12.3. The molecule has 138 valence electrons. The molecular weight excluding hydrogens is 352 g/mol. The van der Waals surface area contributed by atoms with Crippen molar-refractivity contribution in [2.45, 2.75) is 24.0 Å². The Bertz CT molecular complexity index is 768. The maximum absolute atomic E-state index is 12.0. The molecule has 0 aromatic heterocycles. The van der Waals surface area contributed by atoms with Crippen LogP contribution in [0.4, 0.5) is 0 Å². The van der Waals surface area contributed by atoms with Crippen LogP contribution in [0.15, 0.2) is 54.6 Å². The fourth-order valence-corrected chi connectivity index (χ4v) is 3.68. The topological polar surface area (TPSA) is 86.8 Å². The smallest absolute Gasteiger partial charge is 0.255 e. The summed E-state index contributed by atoms with van der Waals surface area (Å²) in [6, 6.07) is 16.1. The largest absolute Gasteiger partial charge is 0.388 e. The molecule has 0 spiro atoms. The number of hydrogen-bond acceptors (Lipinski definition) is 4. The summed E-state index contributed by atoms with van der Waals surface area (Å²) in [6.45, 7) is 0.986. The van der Waals surface area contributed by atoms with Gasteiger partial charge in [0, 0.05) is 31.1 Å². The maximum atomic E-state index is 12.0. The molecule has 2 aromatic carbocycles. The lowest BCUT2D eigenvalue weighted by Crippen LogP contribution is -2.50. The third-order valence-corrected chi connectivity index (χ3v) is 5.22. The second-order valence-electron chi connectivity index (χ2n) is 7.08. The standard InChI is InChI=1S/C20H23ClN2O3/c21-17-8-6-15(7-9-17)12-19(25)10-11-23(13-19)14-20(26,18(22)24)16-4-2-1-3-5-16/h1-9,25-26H,10-14H2,(H2,22,24). The lowest BCUT2D eigenvalue weighted by Gasteiger charge is -2.31. The second kappa shape index (κ2) is 7.37. The van der Waals surface area contributed by atoms with Crippen LogP contribution in [0.25, 0.3) is 0 Å². The first-order valence-electron chi connectivity index (χ1n) is 8.58. The summed E-state index contributed by atoms with van der Waals surface area (Å²) in [5.74, 6) is -0.795. The molecule has 1 heterocycles. The number of carbonyl (C=O) groups is 1. The van der Waals surface area contributed by atoms with Crippen molar-refractivity contribution in [3.63, 3.8) is 0 Å². The molecule has 0 aliphatic carbocycles. The van der Waals surface area contributed by atoms with E-state index < -0.39 is 17.1 Å². The Kier molecular flexibility index (Phi) is 5.34. The molecule has 1 fully saturated rings. The van der Waals surface area contributed by atoms with Crippen LogP contribution in [0, 0.1) is 0 Å². The zero-order valence-corrected chi connectivity index (χ0v) is 15.2. The third kappa shape index (κ3) is 4.07. The van der Waals surface area contributed by atoms with E-state index in [0.29, 0.717) is 36.5 Å². The molecular formula is C20H23ClN2O3. The second-order valence-corrected chi connectivity index (χ2v) is 7.52. The highest BCUT2D eigenvalue weighted by Gasteiger charge is 2.43. The Morgan fingerprint density at radius 1 is 1.19 bits per heavy atom. The van der Waals surface area contributed by atoms with Crippen LogP contribution in [0.5, 0.6) is 0 Å². The summed E-state index contributed by atoms with van der Waals surface area (Å²) in [7, 11) is 0. The van der Waals surface area contributed by atoms with Gasteiger partial charge in [-0.15, -0.1) is 0 Å². The molecule has 26 heavy (non-hydrogen) atoms. The quantitative estimate of drug-likeness (QED) is 0.718. The van der Waals surface area contributed by atoms with Gasteiger partial charge in [0.1, 0.15) is 0 Å². The van der Waals surface area contributed by atoms with Crippen LogP contribution in [0.3, 0.4) is 0 Å². The Morgan fingerprint density at radius 2 is 1.85 bits per heavy atom. The Labute approximate surface area is 158 Å². The summed E-state index contributed by atoms with van der Waals surface area (Å²) >= 11 is 5.90. The van der Waals surface area contributed by atoms with Crippen LogP contribution in [0.2, 0.25) is 5.02 Å². The molecule has 1 aliphatic rings. The highest BCUT2D eigenvalue weighted by atomic mass is 35.5. The van der Waals surface area contributed by atoms with Gasteiger partial charge in [-0.2, -0.15) is 0 Å². The van der Waals surface area contributed by atoms with Gasteiger partial charge in [0.05, 0.1) is 5.60 Å². The van der Waals surface area contributed by atoms with E-state index >= 15 is 0 Å². The van der Waals surface area contributed by atoms with E-state index in [1.165, 1.54) is 0 Å². The van der Waals surface area contributed by atoms with E-state index in [-0.39, 0.29) is 6.54 Å². The van der Waals surface area contributed by atoms with E-state index in [4.69, 9.17) is 17.3 Å². The number of halogens is 1. The molecule has 6 heteroatoms. The van der Waals surface area contributed by atoms with Gasteiger partial charge in [-0.05, 0) is 29.7 Å². The Morgan fingerprint density at radius 3 is 2.46 bits per heavy atom. The lowest BCUT2D eigenvalue weighted by atomic mass is 9.92. The van der Waals surface area contributed by atoms with Crippen LogP contribution < -0.4 is 5.73 Å². The molecule has 1 saturated heterocycles. The fraction of sp³-hybridized carbons (Fsp3) is 0.350. The molecule has 1 amide bonds. The van der Waals surface area contributed by atoms with Gasteiger partial charge in [-0.1, -0.05) is 54.1 Å². The highest BCUT2D eigenvalue weighted by molar-refractivity contribution is 6.30. The van der Waals surface area contributed by atoms with E-state index in [9.17, 15) is 15.0 Å². The molecule has 2 atom stereocenters. The zero-order chi connectivity index (χ0) is 18.8. The predicted molar refractivity (Wildman–Crippen MR) is 101 cm³/mol. The summed E-state index contributed by atoms with van der Waals surface area (Å²) in [5.41, 5.74) is 4.25. The maximum Gasteiger partial charge on any atom is 0.255 e. The monoisotopic (exact) mass is 374 g/mol. The number of primary amides is 1. The first kappa shape index (κ1) is 18.9. The number of aliphatic hydroxyl groups is 2. The number of carbonyl (C=O) groups excluding carboxylic acids is 1. The molecule has 2 unspecified atom stereocenters. The van der Waals surface area contributed by atoms with Crippen molar-refractivity contribution in [2.75, 3.05) is 19.6 Å². The molecule has 0 radical (unpaired) electrons. The molecule has 5 nitrogen and oxygen atoms in total. The average molecular weight is 375 g/mol. The summed E-state index contributed by atoms with van der Waals surface area (Å²) < 4.78 is 0. The third-order valence-electron chi connectivity index (χ3n) is 4.97. The normalized spacial score (nSPS) is 22.9. The lowest BCUT2D eigenvalue weighted by molar-refractivity contribution is -0.139. The van der Waals surface area contributed by atoms with Crippen LogP contribution in [-0.2, 0) is 16.8 Å². The summed E-state index contributed by atoms with van der Waals surface area (Å²) in [6.07, 6.45) is 1.04. The van der Waals surface area contributed by atoms with Crippen molar-refractivity contribution in [1.82, 2.24) is 4.90 Å². The van der Waals surface area contributed by atoms with Crippen molar-refractivity contribution in [3.05, 3.63) is 70.7 Å². The number of likely N-dealkylation sites (tertiary alicyclic amines) is 1. The van der Waals surface area contributed by atoms with Gasteiger partial charge in [-0.3, -0.25) is 9.69 Å². The summed E-state index contributed by atoms with van der Waals surface area (Å²) in [5, 5.41) is 22.5. The minimum absolute atomic E-state index is 0.0509. The number of nitrogens with two attached hydrogens (primary N) is 1. The number of rotatable bonds is 6. The van der Waals surface area contributed by atoms with Crippen LogP contribution in [-0.4, -0.2) is 46.3 Å². The fourth-order valence-electron chi connectivity index (χ4n) is 3.55. The van der Waals surface area contributed by atoms with Crippen molar-refractivity contribution < 1.29 is 15.0 Å². The van der Waals surface area contributed by atoms with E-state index in [1.807, 2.05) is 23.1 Å². The number of nitrogens with zero attached hydrogens (tertiary/aromatic N) is 1. The number of hydrogen-bond donors (Lipinski definition) is 3. The van der Waals surface area contributed by atoms with Gasteiger partial charge >= 0.3 is 0 Å². The Balaban J connectivity index is 1.71. The minimum Gasteiger partial charge on any atom is -0.388 e. The predicted octanol–water partition coefficient (Wildman–Crippen LogP) is 1.69. The van der Waals surface area contributed by atoms with Gasteiger partial charge in [-0.25, -0.2) is 0 Å². The van der Waals surface area contributed by atoms with Crippen LogP contribution in [0.1, 0.15) is 17.5 Å². The minimum atomic E-state index is -1.78. The molecule has 2 aromatic rings. The molecule has 0 saturated carbocycles. The molecule has 1 aliphatic heterocycles. The van der Waals surface area contributed by atoms with Gasteiger partial charge in [0.25, 0.3) is 5.91 Å². The number of amides is 1. The van der Waals surface area contributed by atoms with E-state index in [2.05, 4.69) is 0 Å². The van der Waals surface area contributed by atoms with Crippen molar-refractivity contribution in [1.29, 1.82) is 0 Å². The van der Waals surface area contributed by atoms with E-state index in [0.717, 1.165) is 5.56 Å². The van der Waals surface area contributed by atoms with Gasteiger partial charge in [0.2, 0.25) is 0 Å². The van der Waals surface area contributed by atoms with E-state index in [1.54, 1.807) is 36.4 Å². The average Bonchev–Trinajstić information content (AvgIpc) is 2.98.